The molecule has 0 N–H and O–H groups in total. The second kappa shape index (κ2) is 11.0. The molecule has 3 rings (SSSR count). The van der Waals surface area contributed by atoms with E-state index >= 15 is 0 Å². The van der Waals surface area contributed by atoms with Crippen LogP contribution in [0.1, 0.15) is 83.3 Å². The fraction of sp³-hybridized carbons (Fsp3) is 0.571. The van der Waals surface area contributed by atoms with E-state index < -0.39 is 0 Å². The van der Waals surface area contributed by atoms with E-state index in [0.717, 1.165) is 47.8 Å². The Morgan fingerprint density at radius 3 is 2.21 bits per heavy atom. The van der Waals surface area contributed by atoms with Crippen molar-refractivity contribution in [3.63, 3.8) is 0 Å². The molecular formula is C28H39F. The Hall–Kier alpha value is -1.63. The van der Waals surface area contributed by atoms with Crippen LogP contribution in [-0.4, -0.2) is 0 Å². The number of unbranched alkanes of at least 4 members (excludes halogenated alkanes) is 1. The number of aryl methyl sites for hydroxylation is 1. The highest BCUT2D eigenvalue weighted by Crippen LogP contribution is 2.37. The van der Waals surface area contributed by atoms with Gasteiger partial charge in [-0.05, 0) is 66.2 Å². The lowest BCUT2D eigenvalue weighted by molar-refractivity contribution is 0.204. The molecule has 0 nitrogen and oxygen atoms in total. The van der Waals surface area contributed by atoms with Gasteiger partial charge in [-0.15, -0.1) is 0 Å². The molecule has 29 heavy (non-hydrogen) atoms. The summed E-state index contributed by atoms with van der Waals surface area (Å²) < 4.78 is 14.8. The highest BCUT2D eigenvalue weighted by atomic mass is 19.1. The molecule has 0 radical (unpaired) electrons. The van der Waals surface area contributed by atoms with E-state index in [-0.39, 0.29) is 5.82 Å². The molecule has 1 fully saturated rings. The molecule has 1 saturated carbocycles. The van der Waals surface area contributed by atoms with Crippen LogP contribution >= 0.6 is 0 Å². The van der Waals surface area contributed by atoms with Gasteiger partial charge in [0.25, 0.3) is 0 Å². The third-order valence-electron chi connectivity index (χ3n) is 7.06. The molecule has 2 aromatic carbocycles. The largest absolute Gasteiger partial charge is 0.206 e. The SMILES string of the molecule is CCCCC1CCC(C(C)Cc2ccc(-c3ccc(CCC)cc3)c(F)c2)CC1. The van der Waals surface area contributed by atoms with Crippen molar-refractivity contribution in [2.24, 2.45) is 17.8 Å². The van der Waals surface area contributed by atoms with Gasteiger partial charge in [0.1, 0.15) is 5.82 Å². The van der Waals surface area contributed by atoms with Crippen LogP contribution < -0.4 is 0 Å². The van der Waals surface area contributed by atoms with Crippen molar-refractivity contribution in [2.75, 3.05) is 0 Å². The molecule has 0 aliphatic heterocycles. The lowest BCUT2D eigenvalue weighted by Crippen LogP contribution is -2.21. The van der Waals surface area contributed by atoms with Gasteiger partial charge in [-0.3, -0.25) is 0 Å². The molecule has 0 saturated heterocycles. The van der Waals surface area contributed by atoms with Crippen LogP contribution in [0.4, 0.5) is 4.39 Å². The average Bonchev–Trinajstić information content (AvgIpc) is 2.74. The maximum atomic E-state index is 14.8. The minimum atomic E-state index is -0.0822. The van der Waals surface area contributed by atoms with Crippen molar-refractivity contribution in [3.05, 3.63) is 59.4 Å². The molecule has 1 aliphatic carbocycles. The van der Waals surface area contributed by atoms with E-state index in [2.05, 4.69) is 51.1 Å². The van der Waals surface area contributed by atoms with E-state index in [9.17, 15) is 4.39 Å². The second-order valence-electron chi connectivity index (χ2n) is 9.37. The predicted molar refractivity (Wildman–Crippen MR) is 124 cm³/mol. The Bertz CT molecular complexity index is 737. The Kier molecular flexibility index (Phi) is 8.33. The quantitative estimate of drug-likeness (QED) is 0.399. The molecule has 1 aliphatic rings. The zero-order valence-electron chi connectivity index (χ0n) is 18.7. The summed E-state index contributed by atoms with van der Waals surface area (Å²) in [5, 5.41) is 0. The van der Waals surface area contributed by atoms with Crippen LogP contribution in [0.2, 0.25) is 0 Å². The summed E-state index contributed by atoms with van der Waals surface area (Å²) in [6.45, 7) is 6.85. The van der Waals surface area contributed by atoms with Crippen LogP contribution in [0.5, 0.6) is 0 Å². The minimum Gasteiger partial charge on any atom is -0.206 e. The van der Waals surface area contributed by atoms with Crippen molar-refractivity contribution in [2.45, 2.75) is 85.0 Å². The van der Waals surface area contributed by atoms with E-state index in [0.29, 0.717) is 5.92 Å². The summed E-state index contributed by atoms with van der Waals surface area (Å²) in [7, 11) is 0. The fourth-order valence-electron chi connectivity index (χ4n) is 5.14. The molecule has 1 unspecified atom stereocenters. The predicted octanol–water partition coefficient (Wildman–Crippen LogP) is 8.62. The lowest BCUT2D eigenvalue weighted by atomic mass is 9.73. The van der Waals surface area contributed by atoms with Crippen molar-refractivity contribution in [3.8, 4) is 11.1 Å². The first-order valence-corrected chi connectivity index (χ1v) is 12.0. The van der Waals surface area contributed by atoms with Crippen LogP contribution in [0.3, 0.4) is 0 Å². The Labute approximate surface area is 177 Å². The summed E-state index contributed by atoms with van der Waals surface area (Å²) in [5.74, 6) is 2.32. The van der Waals surface area contributed by atoms with Crippen LogP contribution in [0.25, 0.3) is 11.1 Å². The van der Waals surface area contributed by atoms with Gasteiger partial charge in [0.05, 0.1) is 0 Å². The van der Waals surface area contributed by atoms with Gasteiger partial charge in [0.2, 0.25) is 0 Å². The zero-order chi connectivity index (χ0) is 20.6. The van der Waals surface area contributed by atoms with E-state index in [1.54, 1.807) is 6.07 Å². The first kappa shape index (κ1) is 22.1. The Balaban J connectivity index is 1.57. The van der Waals surface area contributed by atoms with Gasteiger partial charge in [0, 0.05) is 5.56 Å². The Morgan fingerprint density at radius 2 is 1.59 bits per heavy atom. The summed E-state index contributed by atoms with van der Waals surface area (Å²) in [6.07, 6.45) is 12.9. The minimum absolute atomic E-state index is 0.0822. The number of hydrogen-bond donors (Lipinski definition) is 0. The maximum Gasteiger partial charge on any atom is 0.131 e. The fourth-order valence-corrected chi connectivity index (χ4v) is 5.14. The summed E-state index contributed by atoms with van der Waals surface area (Å²) in [6, 6.07) is 14.3. The van der Waals surface area contributed by atoms with Crippen molar-refractivity contribution < 1.29 is 4.39 Å². The summed E-state index contributed by atoms with van der Waals surface area (Å²) in [4.78, 5) is 0. The van der Waals surface area contributed by atoms with E-state index in [4.69, 9.17) is 0 Å². The van der Waals surface area contributed by atoms with Gasteiger partial charge < -0.3 is 0 Å². The van der Waals surface area contributed by atoms with Crippen LogP contribution in [-0.2, 0) is 12.8 Å². The van der Waals surface area contributed by atoms with Gasteiger partial charge in [-0.1, -0.05) is 95.7 Å². The number of halogens is 1. The van der Waals surface area contributed by atoms with Gasteiger partial charge >= 0.3 is 0 Å². The topological polar surface area (TPSA) is 0 Å². The highest BCUT2D eigenvalue weighted by molar-refractivity contribution is 5.64. The van der Waals surface area contributed by atoms with Crippen molar-refractivity contribution in [1.29, 1.82) is 0 Å². The van der Waals surface area contributed by atoms with Crippen molar-refractivity contribution >= 4 is 0 Å². The molecule has 158 valence electrons. The summed E-state index contributed by atoms with van der Waals surface area (Å²) >= 11 is 0. The summed E-state index contributed by atoms with van der Waals surface area (Å²) in [5.41, 5.74) is 4.18. The standard InChI is InChI=1S/C28H39F/c1-4-6-8-23-9-14-25(15-10-23)21(3)19-24-13-18-27(28(29)20-24)26-16-11-22(7-5-2)12-17-26/h11-13,16-18,20-21,23,25H,4-10,14-15,19H2,1-3H3. The van der Waals surface area contributed by atoms with E-state index in [1.807, 2.05) is 6.07 Å². The van der Waals surface area contributed by atoms with Crippen LogP contribution in [0.15, 0.2) is 42.5 Å². The zero-order valence-corrected chi connectivity index (χ0v) is 18.7. The number of hydrogen-bond acceptors (Lipinski definition) is 0. The molecule has 0 bridgehead atoms. The molecule has 1 heteroatoms. The third-order valence-corrected chi connectivity index (χ3v) is 7.06. The molecule has 0 spiro atoms. The van der Waals surface area contributed by atoms with Gasteiger partial charge in [-0.2, -0.15) is 0 Å². The molecule has 1 atom stereocenters. The molecular weight excluding hydrogens is 355 g/mol. The van der Waals surface area contributed by atoms with Crippen molar-refractivity contribution in [1.82, 2.24) is 0 Å². The first-order valence-electron chi connectivity index (χ1n) is 12.0. The molecule has 0 amide bonds. The second-order valence-corrected chi connectivity index (χ2v) is 9.37. The monoisotopic (exact) mass is 394 g/mol. The smallest absolute Gasteiger partial charge is 0.131 e. The third kappa shape index (κ3) is 6.17. The lowest BCUT2D eigenvalue weighted by Gasteiger charge is -2.32. The maximum absolute atomic E-state index is 14.8. The van der Waals surface area contributed by atoms with E-state index in [1.165, 1.54) is 50.5 Å². The highest BCUT2D eigenvalue weighted by Gasteiger charge is 2.25. The van der Waals surface area contributed by atoms with Gasteiger partial charge in [-0.25, -0.2) is 4.39 Å². The Morgan fingerprint density at radius 1 is 0.897 bits per heavy atom. The van der Waals surface area contributed by atoms with Gasteiger partial charge in [0.15, 0.2) is 0 Å². The number of benzene rings is 2. The number of rotatable bonds is 9. The normalized spacial score (nSPS) is 20.6. The molecule has 2 aromatic rings. The molecule has 0 heterocycles. The molecule has 0 aromatic heterocycles. The van der Waals surface area contributed by atoms with Crippen LogP contribution in [0, 0.1) is 23.6 Å². The average molecular weight is 395 g/mol. The first-order chi connectivity index (χ1) is 14.1.